The maximum atomic E-state index is 4.22. The molecule has 0 saturated heterocycles. The van der Waals surface area contributed by atoms with E-state index in [-0.39, 0.29) is 17.1 Å². The maximum Gasteiger partial charge on any atom is 2.00 e. The van der Waals surface area contributed by atoms with Crippen LogP contribution in [-0.2, 0) is 17.1 Å². The molecule has 1 heterocycles. The van der Waals surface area contributed by atoms with E-state index in [0.29, 0.717) is 0 Å². The molecule has 17 heavy (non-hydrogen) atoms. The van der Waals surface area contributed by atoms with E-state index in [1.165, 1.54) is 5.92 Å². The van der Waals surface area contributed by atoms with Crippen LogP contribution < -0.4 is 0 Å². The molecule has 3 rings (SSSR count). The van der Waals surface area contributed by atoms with Crippen molar-refractivity contribution in [3.8, 4) is 0 Å². The maximum absolute atomic E-state index is 4.22. The van der Waals surface area contributed by atoms with Gasteiger partial charge in [-0.15, -0.1) is 0 Å². The third kappa shape index (κ3) is 5.23. The molecule has 2 aliphatic rings. The van der Waals surface area contributed by atoms with Crippen LogP contribution in [0.4, 0.5) is 0 Å². The summed E-state index contributed by atoms with van der Waals surface area (Å²) in [5.41, 5.74) is 1.04. The van der Waals surface area contributed by atoms with Gasteiger partial charge in [-0.3, -0.25) is 4.98 Å². The molecule has 2 fully saturated rings. The Labute approximate surface area is 116 Å². The first-order chi connectivity index (χ1) is 7.97. The summed E-state index contributed by atoms with van der Waals surface area (Å²) in [5, 5.41) is 0. The SMILES string of the molecule is [CH]1[CH][CH][CH][CH]1.[CH]1[CH][CH][C](c2ccccn2)[CH]1.[Fe+2]. The molecule has 1 nitrogen and oxygen atoms in total. The molecule has 1 aromatic heterocycles. The van der Waals surface area contributed by atoms with Gasteiger partial charge in [0.25, 0.3) is 0 Å². The molecule has 0 amide bonds. The average molecular weight is 263 g/mol. The van der Waals surface area contributed by atoms with Crippen molar-refractivity contribution in [2.45, 2.75) is 0 Å². The Balaban J connectivity index is 0.000000205. The molecule has 1 aromatic rings. The number of rotatable bonds is 1. The third-order valence-electron chi connectivity index (χ3n) is 2.18. The summed E-state index contributed by atoms with van der Waals surface area (Å²) in [6, 6.07) is 5.93. The zero-order valence-corrected chi connectivity index (χ0v) is 10.4. The Hall–Kier alpha value is -0.331. The number of hydrogen-bond acceptors (Lipinski definition) is 1. The predicted octanol–water partition coefficient (Wildman–Crippen LogP) is 2.85. The molecule has 2 heteroatoms. The van der Waals surface area contributed by atoms with E-state index >= 15 is 0 Å². The summed E-state index contributed by atoms with van der Waals surface area (Å²) in [6.45, 7) is 0. The summed E-state index contributed by atoms with van der Waals surface area (Å²) in [6.07, 6.45) is 20.0. The smallest absolute Gasteiger partial charge is 0.261 e. The monoisotopic (exact) mass is 263 g/mol. The molecular weight excluding hydrogens is 250 g/mol. The van der Waals surface area contributed by atoms with Crippen LogP contribution in [0.25, 0.3) is 0 Å². The second-order valence-electron chi connectivity index (χ2n) is 3.35. The van der Waals surface area contributed by atoms with Gasteiger partial charge in [0.15, 0.2) is 0 Å². The fourth-order valence-electron chi connectivity index (χ4n) is 1.40. The number of pyridine rings is 1. The topological polar surface area (TPSA) is 12.9 Å². The molecule has 0 unspecified atom stereocenters. The van der Waals surface area contributed by atoms with E-state index in [9.17, 15) is 0 Å². The van der Waals surface area contributed by atoms with Crippen LogP contribution in [0.1, 0.15) is 5.69 Å². The van der Waals surface area contributed by atoms with Gasteiger partial charge in [0.1, 0.15) is 0 Å². The first kappa shape index (κ1) is 14.7. The summed E-state index contributed by atoms with van der Waals surface area (Å²) >= 11 is 0. The van der Waals surface area contributed by atoms with E-state index in [2.05, 4.69) is 17.8 Å². The molecule has 0 N–H and O–H groups in total. The average Bonchev–Trinajstić information content (AvgIpc) is 3.07. The fourth-order valence-corrected chi connectivity index (χ4v) is 1.40. The van der Waals surface area contributed by atoms with E-state index in [1.54, 1.807) is 0 Å². The van der Waals surface area contributed by atoms with Gasteiger partial charge in [0.2, 0.25) is 0 Å². The predicted molar refractivity (Wildman–Crippen MR) is 65.3 cm³/mol. The van der Waals surface area contributed by atoms with E-state index in [0.717, 1.165) is 5.69 Å². The van der Waals surface area contributed by atoms with Gasteiger partial charge in [-0.1, -0.05) is 6.07 Å². The third-order valence-corrected chi connectivity index (χ3v) is 2.18. The fraction of sp³-hybridized carbons (Fsp3) is 0. The Morgan fingerprint density at radius 2 is 1.29 bits per heavy atom. The minimum Gasteiger partial charge on any atom is -0.261 e. The number of aromatic nitrogens is 1. The van der Waals surface area contributed by atoms with Crippen molar-refractivity contribution in [1.29, 1.82) is 0 Å². The van der Waals surface area contributed by atoms with Crippen molar-refractivity contribution in [1.82, 2.24) is 4.98 Å². The normalized spacial score (nSPS) is 19.3. The standard InChI is InChI=1S/C10H8N.C5H5.Fe/c1-2-6-9(5-1)10-7-3-4-8-11-10;1-2-4-5-3-1;/h1-8H;1-5H;/q;;+2. The van der Waals surface area contributed by atoms with Crippen LogP contribution >= 0.6 is 0 Å². The van der Waals surface area contributed by atoms with Gasteiger partial charge in [-0.05, 0) is 69.9 Å². The van der Waals surface area contributed by atoms with Crippen molar-refractivity contribution < 1.29 is 17.1 Å². The van der Waals surface area contributed by atoms with Gasteiger partial charge in [-0.25, -0.2) is 0 Å². The summed E-state index contributed by atoms with van der Waals surface area (Å²) in [5.74, 6) is 1.19. The van der Waals surface area contributed by atoms with Crippen LogP contribution in [0.2, 0.25) is 0 Å². The molecule has 2 aliphatic carbocycles. The van der Waals surface area contributed by atoms with Crippen molar-refractivity contribution >= 4 is 0 Å². The molecule has 0 spiro atoms. The molecular formula is C15H13FeN+2. The van der Waals surface area contributed by atoms with Gasteiger partial charge in [0.05, 0.1) is 0 Å². The Bertz CT molecular complexity index is 269. The summed E-state index contributed by atoms with van der Waals surface area (Å²) < 4.78 is 0. The van der Waals surface area contributed by atoms with Crippen LogP contribution in [0, 0.1) is 63.7 Å². The zero-order chi connectivity index (χ0) is 11.1. The van der Waals surface area contributed by atoms with Crippen molar-refractivity contribution in [2.75, 3.05) is 0 Å². The molecule has 2 saturated carbocycles. The second-order valence-corrected chi connectivity index (χ2v) is 3.35. The number of hydrogen-bond donors (Lipinski definition) is 0. The minimum atomic E-state index is 0. The largest absolute Gasteiger partial charge is 2.00 e. The van der Waals surface area contributed by atoms with Crippen molar-refractivity contribution in [2.24, 2.45) is 0 Å². The van der Waals surface area contributed by atoms with Gasteiger partial charge in [-0.2, -0.15) is 0 Å². The first-order valence-electron chi connectivity index (χ1n) is 5.26. The Morgan fingerprint density at radius 1 is 0.706 bits per heavy atom. The molecule has 10 radical (unpaired) electrons. The minimum absolute atomic E-state index is 0. The van der Waals surface area contributed by atoms with Crippen molar-refractivity contribution in [3.05, 3.63) is 93.8 Å². The van der Waals surface area contributed by atoms with Crippen LogP contribution in [0.3, 0.4) is 0 Å². The molecule has 0 aliphatic heterocycles. The molecule has 0 bridgehead atoms. The zero-order valence-electron chi connectivity index (χ0n) is 9.31. The number of nitrogens with zero attached hydrogens (tertiary/aromatic N) is 1. The molecule has 84 valence electrons. The van der Waals surface area contributed by atoms with Crippen molar-refractivity contribution in [3.63, 3.8) is 0 Å². The summed E-state index contributed by atoms with van der Waals surface area (Å²) in [7, 11) is 0. The van der Waals surface area contributed by atoms with Crippen LogP contribution in [0.15, 0.2) is 24.4 Å². The Morgan fingerprint density at radius 3 is 1.76 bits per heavy atom. The Kier molecular flexibility index (Phi) is 7.55. The van der Waals surface area contributed by atoms with Crippen LogP contribution in [-0.4, -0.2) is 4.98 Å². The van der Waals surface area contributed by atoms with E-state index in [1.807, 2.05) is 69.3 Å². The van der Waals surface area contributed by atoms with Crippen LogP contribution in [0.5, 0.6) is 0 Å². The summed E-state index contributed by atoms with van der Waals surface area (Å²) in [4.78, 5) is 4.22. The molecule has 0 aromatic carbocycles. The van der Waals surface area contributed by atoms with E-state index < -0.39 is 0 Å². The van der Waals surface area contributed by atoms with Gasteiger partial charge < -0.3 is 0 Å². The molecule has 0 atom stereocenters. The second kappa shape index (κ2) is 8.72. The van der Waals surface area contributed by atoms with Gasteiger partial charge >= 0.3 is 17.1 Å². The van der Waals surface area contributed by atoms with Gasteiger partial charge in [0, 0.05) is 17.8 Å². The quantitative estimate of drug-likeness (QED) is 0.710. The van der Waals surface area contributed by atoms with E-state index in [4.69, 9.17) is 0 Å². The first-order valence-corrected chi connectivity index (χ1v) is 5.26.